The van der Waals surface area contributed by atoms with Crippen molar-refractivity contribution >= 4 is 40.7 Å². The van der Waals surface area contributed by atoms with Crippen LogP contribution in [0.15, 0.2) is 28.7 Å². The zero-order valence-electron chi connectivity index (χ0n) is 9.86. The van der Waals surface area contributed by atoms with Gasteiger partial charge in [-0.2, -0.15) is 0 Å². The fraction of sp³-hybridized carbons (Fsp3) is 0.500. The van der Waals surface area contributed by atoms with Gasteiger partial charge in [-0.1, -0.05) is 34.1 Å². The topological polar surface area (TPSA) is 15.3 Å². The van der Waals surface area contributed by atoms with E-state index in [2.05, 4.69) is 57.3 Å². The molecule has 98 valence electrons. The molecule has 2 nitrogen and oxygen atoms in total. The Morgan fingerprint density at radius 1 is 1.18 bits per heavy atom. The Bertz CT molecular complexity index is 330. The van der Waals surface area contributed by atoms with Crippen molar-refractivity contribution in [3.05, 3.63) is 34.3 Å². The summed E-state index contributed by atoms with van der Waals surface area (Å²) in [5.41, 5.74) is 1.39. The van der Waals surface area contributed by atoms with E-state index in [4.69, 9.17) is 0 Å². The summed E-state index contributed by atoms with van der Waals surface area (Å²) in [6, 6.07) is 9.00. The Morgan fingerprint density at radius 3 is 2.35 bits per heavy atom. The fourth-order valence-corrected chi connectivity index (χ4v) is 2.70. The van der Waals surface area contributed by atoms with Crippen LogP contribution < -0.4 is 5.32 Å². The molecule has 1 heterocycles. The lowest BCUT2D eigenvalue weighted by atomic mass is 10.1. The van der Waals surface area contributed by atoms with Gasteiger partial charge in [0.2, 0.25) is 0 Å². The van der Waals surface area contributed by atoms with E-state index in [0.717, 1.165) is 26.2 Å². The average molecular weight is 342 g/mol. The van der Waals surface area contributed by atoms with E-state index in [-0.39, 0.29) is 24.8 Å². The minimum absolute atomic E-state index is 0. The summed E-state index contributed by atoms with van der Waals surface area (Å²) in [6.07, 6.45) is 0. The molecule has 0 radical (unpaired) electrons. The predicted octanol–water partition coefficient (Wildman–Crippen LogP) is 3.26. The van der Waals surface area contributed by atoms with Crippen molar-refractivity contribution in [2.75, 3.05) is 26.2 Å². The van der Waals surface area contributed by atoms with Gasteiger partial charge >= 0.3 is 0 Å². The number of hydrogen-bond acceptors (Lipinski definition) is 2. The molecule has 0 saturated carbocycles. The van der Waals surface area contributed by atoms with Gasteiger partial charge in [-0.05, 0) is 18.6 Å². The zero-order valence-corrected chi connectivity index (χ0v) is 13.1. The number of nitrogens with one attached hydrogen (secondary N) is 1. The molecule has 1 saturated heterocycles. The Labute approximate surface area is 124 Å². The quantitative estimate of drug-likeness (QED) is 0.888. The smallest absolute Gasteiger partial charge is 0.0332 e. The highest BCUT2D eigenvalue weighted by Gasteiger charge is 2.18. The normalized spacial score (nSPS) is 17.8. The number of halogens is 3. The van der Waals surface area contributed by atoms with E-state index in [1.807, 2.05) is 0 Å². The highest BCUT2D eigenvalue weighted by Crippen LogP contribution is 2.27. The maximum Gasteiger partial charge on any atom is 0.0332 e. The lowest BCUT2D eigenvalue weighted by Crippen LogP contribution is -2.44. The fourth-order valence-electron chi connectivity index (χ4n) is 2.08. The summed E-state index contributed by atoms with van der Waals surface area (Å²) in [4.78, 5) is 2.52. The van der Waals surface area contributed by atoms with Crippen LogP contribution in [-0.4, -0.2) is 31.1 Å². The monoisotopic (exact) mass is 340 g/mol. The van der Waals surface area contributed by atoms with Crippen molar-refractivity contribution in [1.82, 2.24) is 10.2 Å². The molecule has 0 spiro atoms. The zero-order chi connectivity index (χ0) is 10.7. The maximum absolute atomic E-state index is 3.62. The first-order chi connectivity index (χ1) is 7.29. The van der Waals surface area contributed by atoms with Gasteiger partial charge in [-0.15, -0.1) is 24.8 Å². The number of piperazine rings is 1. The minimum Gasteiger partial charge on any atom is -0.314 e. The summed E-state index contributed by atoms with van der Waals surface area (Å²) in [6.45, 7) is 6.78. The molecule has 1 aliphatic heterocycles. The highest BCUT2D eigenvalue weighted by atomic mass is 79.9. The second-order valence-electron chi connectivity index (χ2n) is 3.98. The Balaban J connectivity index is 0.00000128. The van der Waals surface area contributed by atoms with E-state index >= 15 is 0 Å². The number of rotatable bonds is 2. The van der Waals surface area contributed by atoms with E-state index in [1.54, 1.807) is 0 Å². The Hall–Kier alpha value is 0.200. The molecule has 1 aromatic carbocycles. The highest BCUT2D eigenvalue weighted by molar-refractivity contribution is 9.10. The van der Waals surface area contributed by atoms with Crippen LogP contribution in [0.3, 0.4) is 0 Å². The van der Waals surface area contributed by atoms with Gasteiger partial charge in [0.25, 0.3) is 0 Å². The van der Waals surface area contributed by atoms with Gasteiger partial charge in [-0.3, -0.25) is 4.90 Å². The largest absolute Gasteiger partial charge is 0.314 e. The average Bonchev–Trinajstić information content (AvgIpc) is 2.30. The lowest BCUT2D eigenvalue weighted by Gasteiger charge is -2.33. The molecule has 1 atom stereocenters. The van der Waals surface area contributed by atoms with Gasteiger partial charge in [0, 0.05) is 36.7 Å². The molecule has 1 aliphatic rings. The van der Waals surface area contributed by atoms with Crippen LogP contribution in [0.25, 0.3) is 0 Å². The second kappa shape index (κ2) is 8.33. The first-order valence-electron chi connectivity index (χ1n) is 5.48. The predicted molar refractivity (Wildman–Crippen MR) is 81.5 cm³/mol. The van der Waals surface area contributed by atoms with Crippen molar-refractivity contribution in [3.63, 3.8) is 0 Å². The SMILES string of the molecule is C[C@@H](c1ccccc1Br)N1CCNCC1.Cl.Cl. The van der Waals surface area contributed by atoms with E-state index < -0.39 is 0 Å². The van der Waals surface area contributed by atoms with E-state index in [1.165, 1.54) is 10.0 Å². The van der Waals surface area contributed by atoms with E-state index in [0.29, 0.717) is 6.04 Å². The molecular weight excluding hydrogens is 323 g/mol. The summed E-state index contributed by atoms with van der Waals surface area (Å²) in [5.74, 6) is 0. The molecule has 0 aliphatic carbocycles. The van der Waals surface area contributed by atoms with Gasteiger partial charge in [0.15, 0.2) is 0 Å². The van der Waals surface area contributed by atoms with Crippen molar-refractivity contribution in [2.45, 2.75) is 13.0 Å². The molecule has 17 heavy (non-hydrogen) atoms. The molecule has 5 heteroatoms. The molecule has 1 fully saturated rings. The van der Waals surface area contributed by atoms with Crippen LogP contribution in [0.2, 0.25) is 0 Å². The van der Waals surface area contributed by atoms with Crippen LogP contribution in [0.1, 0.15) is 18.5 Å². The first-order valence-corrected chi connectivity index (χ1v) is 6.27. The third-order valence-electron chi connectivity index (χ3n) is 3.05. The van der Waals surface area contributed by atoms with Crippen molar-refractivity contribution in [2.24, 2.45) is 0 Å². The number of nitrogens with zero attached hydrogens (tertiary/aromatic N) is 1. The molecule has 0 unspecified atom stereocenters. The van der Waals surface area contributed by atoms with Gasteiger partial charge in [0.05, 0.1) is 0 Å². The number of benzene rings is 1. The van der Waals surface area contributed by atoms with Crippen LogP contribution in [0.4, 0.5) is 0 Å². The van der Waals surface area contributed by atoms with Gasteiger partial charge < -0.3 is 5.32 Å². The summed E-state index contributed by atoms with van der Waals surface area (Å²) in [7, 11) is 0. The standard InChI is InChI=1S/C12H17BrN2.2ClH/c1-10(15-8-6-14-7-9-15)11-4-2-3-5-12(11)13;;/h2-5,10,14H,6-9H2,1H3;2*1H/t10-;;/m0../s1. The molecular formula is C12H19BrCl2N2. The summed E-state index contributed by atoms with van der Waals surface area (Å²) >= 11 is 3.62. The van der Waals surface area contributed by atoms with Crippen LogP contribution >= 0.6 is 40.7 Å². The molecule has 0 bridgehead atoms. The summed E-state index contributed by atoms with van der Waals surface area (Å²) in [5, 5.41) is 3.38. The number of hydrogen-bond donors (Lipinski definition) is 1. The molecule has 0 aromatic heterocycles. The molecule has 0 amide bonds. The maximum atomic E-state index is 3.62. The molecule has 1 aromatic rings. The van der Waals surface area contributed by atoms with Gasteiger partial charge in [-0.25, -0.2) is 0 Å². The van der Waals surface area contributed by atoms with Crippen molar-refractivity contribution < 1.29 is 0 Å². The van der Waals surface area contributed by atoms with Crippen LogP contribution in [-0.2, 0) is 0 Å². The van der Waals surface area contributed by atoms with Gasteiger partial charge in [0.1, 0.15) is 0 Å². The van der Waals surface area contributed by atoms with Crippen molar-refractivity contribution in [1.29, 1.82) is 0 Å². The Morgan fingerprint density at radius 2 is 1.76 bits per heavy atom. The third-order valence-corrected chi connectivity index (χ3v) is 3.78. The molecule has 1 N–H and O–H groups in total. The van der Waals surface area contributed by atoms with Crippen molar-refractivity contribution in [3.8, 4) is 0 Å². The van der Waals surface area contributed by atoms with Crippen LogP contribution in [0.5, 0.6) is 0 Å². The van der Waals surface area contributed by atoms with Crippen LogP contribution in [0, 0.1) is 0 Å². The lowest BCUT2D eigenvalue weighted by molar-refractivity contribution is 0.185. The summed E-state index contributed by atoms with van der Waals surface area (Å²) < 4.78 is 1.22. The van der Waals surface area contributed by atoms with E-state index in [9.17, 15) is 0 Å². The second-order valence-corrected chi connectivity index (χ2v) is 4.84. The Kier molecular flexibility index (Phi) is 8.43. The molecule has 2 rings (SSSR count). The minimum atomic E-state index is 0. The first kappa shape index (κ1) is 17.2. The third kappa shape index (κ3) is 4.42.